The Bertz CT molecular complexity index is 541. The molecule has 4 N–H and O–H groups in total. The largest absolute Gasteiger partial charge is 0.397 e. The number of nitrogen functional groups attached to an aromatic ring is 1. The first kappa shape index (κ1) is 19.3. The second-order valence-electron chi connectivity index (χ2n) is 5.19. The van der Waals surface area contributed by atoms with Gasteiger partial charge in [-0.3, -0.25) is 0 Å². The number of nitrogens with one attached hydrogen (secondary N) is 1. The number of ether oxygens (including phenoxy) is 2. The third-order valence-electron chi connectivity index (χ3n) is 2.89. The maximum atomic E-state index is 7.57. The Hall–Kier alpha value is -1.77. The van der Waals surface area contributed by atoms with E-state index in [-0.39, 0.29) is 6.61 Å². The molecule has 0 amide bonds. The quantitative estimate of drug-likeness (QED) is 0.782. The number of rotatable bonds is 3. The minimum atomic E-state index is 0.250. The van der Waals surface area contributed by atoms with Crippen LogP contribution in [0.3, 0.4) is 0 Å². The van der Waals surface area contributed by atoms with Gasteiger partial charge in [-0.05, 0) is 33.6 Å². The zero-order chi connectivity index (χ0) is 17.1. The first-order valence-corrected chi connectivity index (χ1v) is 7.82. The van der Waals surface area contributed by atoms with Gasteiger partial charge in [-0.15, -0.1) is 0 Å². The Balaban J connectivity index is 0.000000197. The molecular formula is C15H27N5O3. The van der Waals surface area contributed by atoms with Crippen LogP contribution in [-0.4, -0.2) is 57.1 Å². The molecule has 3 heterocycles. The first-order valence-electron chi connectivity index (χ1n) is 7.82. The molecule has 0 aromatic carbocycles. The highest BCUT2D eigenvalue weighted by molar-refractivity contribution is 5.80. The molecule has 1 fully saturated rings. The summed E-state index contributed by atoms with van der Waals surface area (Å²) < 4.78 is 10.8. The number of aromatic nitrogens is 4. The average molecular weight is 325 g/mol. The van der Waals surface area contributed by atoms with E-state index in [0.29, 0.717) is 29.2 Å². The van der Waals surface area contributed by atoms with Crippen molar-refractivity contribution in [3.8, 4) is 0 Å². The van der Waals surface area contributed by atoms with E-state index >= 15 is 0 Å². The van der Waals surface area contributed by atoms with E-state index < -0.39 is 0 Å². The maximum Gasteiger partial charge on any atom is 0.182 e. The van der Waals surface area contributed by atoms with Gasteiger partial charge >= 0.3 is 0 Å². The lowest BCUT2D eigenvalue weighted by Crippen LogP contribution is -2.17. The summed E-state index contributed by atoms with van der Waals surface area (Å²) in [5.41, 5.74) is 6.78. The lowest BCUT2D eigenvalue weighted by Gasteiger charge is -2.11. The zero-order valence-corrected chi connectivity index (χ0v) is 14.0. The normalized spacial score (nSPS) is 16.7. The summed E-state index contributed by atoms with van der Waals surface area (Å²) in [6.07, 6.45) is 6.01. The maximum absolute atomic E-state index is 7.57. The van der Waals surface area contributed by atoms with Crippen molar-refractivity contribution in [1.82, 2.24) is 19.9 Å². The van der Waals surface area contributed by atoms with Crippen LogP contribution < -0.4 is 5.73 Å². The number of nitrogens with two attached hydrogens (primary N) is 1. The van der Waals surface area contributed by atoms with Crippen molar-refractivity contribution < 1.29 is 14.6 Å². The van der Waals surface area contributed by atoms with Crippen LogP contribution in [0.2, 0.25) is 0 Å². The number of imidazole rings is 1. The second-order valence-corrected chi connectivity index (χ2v) is 5.19. The van der Waals surface area contributed by atoms with Crippen LogP contribution in [0, 0.1) is 0 Å². The highest BCUT2D eigenvalue weighted by Gasteiger charge is 2.15. The van der Waals surface area contributed by atoms with Crippen LogP contribution in [0.25, 0.3) is 11.2 Å². The van der Waals surface area contributed by atoms with Gasteiger partial charge < -0.3 is 25.3 Å². The van der Waals surface area contributed by atoms with Crippen LogP contribution in [-0.2, 0) is 9.47 Å². The highest BCUT2D eigenvalue weighted by atomic mass is 16.5. The fourth-order valence-electron chi connectivity index (χ4n) is 1.86. The van der Waals surface area contributed by atoms with Crippen molar-refractivity contribution in [3.05, 3.63) is 12.7 Å². The Labute approximate surface area is 136 Å². The SMILES string of the molecule is CC(C)OCC1CCCO1.CCO.Nc1ncnc2nc[nH]c12. The van der Waals surface area contributed by atoms with Crippen LogP contribution in [0.4, 0.5) is 5.82 Å². The lowest BCUT2D eigenvalue weighted by molar-refractivity contribution is -0.00761. The molecule has 1 atom stereocenters. The summed E-state index contributed by atoms with van der Waals surface area (Å²) in [5.74, 6) is 0.433. The van der Waals surface area contributed by atoms with Gasteiger partial charge in [0.1, 0.15) is 11.8 Å². The molecule has 0 saturated carbocycles. The lowest BCUT2D eigenvalue weighted by atomic mass is 10.2. The second kappa shape index (κ2) is 10.9. The minimum absolute atomic E-state index is 0.250. The van der Waals surface area contributed by atoms with Gasteiger partial charge in [-0.2, -0.15) is 0 Å². The Morgan fingerprint density at radius 2 is 2.17 bits per heavy atom. The Morgan fingerprint density at radius 1 is 1.43 bits per heavy atom. The molecule has 0 aliphatic carbocycles. The number of aromatic amines is 1. The van der Waals surface area contributed by atoms with Gasteiger partial charge in [0.2, 0.25) is 0 Å². The summed E-state index contributed by atoms with van der Waals surface area (Å²) >= 11 is 0. The monoisotopic (exact) mass is 325 g/mol. The average Bonchev–Trinajstić information content (AvgIpc) is 3.19. The van der Waals surface area contributed by atoms with Crippen LogP contribution in [0.1, 0.15) is 33.6 Å². The van der Waals surface area contributed by atoms with Crippen LogP contribution in [0.5, 0.6) is 0 Å². The summed E-state index contributed by atoms with van der Waals surface area (Å²) in [4.78, 5) is 14.4. The molecule has 2 aromatic heterocycles. The molecule has 1 unspecified atom stereocenters. The van der Waals surface area contributed by atoms with Gasteiger partial charge in [0.15, 0.2) is 11.5 Å². The molecule has 0 spiro atoms. The number of aliphatic hydroxyl groups is 1. The fraction of sp³-hybridized carbons (Fsp3) is 0.667. The summed E-state index contributed by atoms with van der Waals surface area (Å²) in [6, 6.07) is 0. The smallest absolute Gasteiger partial charge is 0.182 e. The van der Waals surface area contributed by atoms with E-state index in [4.69, 9.17) is 20.3 Å². The Kier molecular flexibility index (Phi) is 9.11. The van der Waals surface area contributed by atoms with Crippen molar-refractivity contribution in [3.63, 3.8) is 0 Å². The highest BCUT2D eigenvalue weighted by Crippen LogP contribution is 2.12. The van der Waals surface area contributed by atoms with Crippen LogP contribution >= 0.6 is 0 Å². The fourth-order valence-corrected chi connectivity index (χ4v) is 1.86. The van der Waals surface area contributed by atoms with Gasteiger partial charge in [0.25, 0.3) is 0 Å². The zero-order valence-electron chi connectivity index (χ0n) is 14.0. The molecule has 1 saturated heterocycles. The third kappa shape index (κ3) is 7.36. The van der Waals surface area contributed by atoms with E-state index in [9.17, 15) is 0 Å². The summed E-state index contributed by atoms with van der Waals surface area (Å²) in [6.45, 7) is 7.73. The van der Waals surface area contributed by atoms with E-state index in [1.165, 1.54) is 25.5 Å². The van der Waals surface area contributed by atoms with E-state index in [1.807, 2.05) is 0 Å². The molecule has 8 heteroatoms. The van der Waals surface area contributed by atoms with E-state index in [2.05, 4.69) is 33.8 Å². The number of H-pyrrole nitrogens is 1. The Morgan fingerprint density at radius 3 is 2.74 bits per heavy atom. The minimum Gasteiger partial charge on any atom is -0.397 e. The number of aliphatic hydroxyl groups excluding tert-OH is 1. The summed E-state index contributed by atoms with van der Waals surface area (Å²) in [7, 11) is 0. The molecule has 1 aliphatic rings. The van der Waals surface area contributed by atoms with E-state index in [0.717, 1.165) is 13.2 Å². The molecule has 1 aliphatic heterocycles. The third-order valence-corrected chi connectivity index (χ3v) is 2.89. The topological polar surface area (TPSA) is 119 Å². The number of hydrogen-bond donors (Lipinski definition) is 3. The molecular weight excluding hydrogens is 298 g/mol. The number of nitrogens with zero attached hydrogens (tertiary/aromatic N) is 3. The molecule has 8 nitrogen and oxygen atoms in total. The molecule has 130 valence electrons. The molecule has 23 heavy (non-hydrogen) atoms. The number of fused-ring (bicyclic) bond motifs is 1. The molecule has 3 rings (SSSR count). The van der Waals surface area contributed by atoms with Gasteiger partial charge in [-0.1, -0.05) is 0 Å². The van der Waals surface area contributed by atoms with Crippen molar-refractivity contribution in [1.29, 1.82) is 0 Å². The van der Waals surface area contributed by atoms with Gasteiger partial charge in [-0.25, -0.2) is 15.0 Å². The first-order chi connectivity index (χ1) is 11.1. The predicted molar refractivity (Wildman–Crippen MR) is 88.9 cm³/mol. The van der Waals surface area contributed by atoms with Crippen LogP contribution in [0.15, 0.2) is 12.7 Å². The van der Waals surface area contributed by atoms with Crippen molar-refractivity contribution in [2.75, 3.05) is 25.6 Å². The molecule has 0 bridgehead atoms. The molecule has 0 radical (unpaired) electrons. The standard InChI is InChI=1S/C8H16O2.C5H5N5.C2H6O/c1-7(2)10-6-8-4-3-5-9-8;6-4-3-5(9-1-7-3)10-2-8-4;1-2-3/h7-8H,3-6H2,1-2H3;1-2H,(H3,6,7,8,9,10);3H,2H2,1H3. The van der Waals surface area contributed by atoms with Gasteiger partial charge in [0, 0.05) is 13.2 Å². The van der Waals surface area contributed by atoms with Gasteiger partial charge in [0.05, 0.1) is 25.1 Å². The van der Waals surface area contributed by atoms with Crippen molar-refractivity contribution in [2.24, 2.45) is 0 Å². The summed E-state index contributed by atoms with van der Waals surface area (Å²) in [5, 5.41) is 7.57. The molecule has 2 aromatic rings. The van der Waals surface area contributed by atoms with Crippen molar-refractivity contribution >= 4 is 17.0 Å². The van der Waals surface area contributed by atoms with Crippen molar-refractivity contribution in [2.45, 2.75) is 45.8 Å². The predicted octanol–water partition coefficient (Wildman–Crippen LogP) is 1.52. The number of anilines is 1. The number of hydrogen-bond acceptors (Lipinski definition) is 7. The van der Waals surface area contributed by atoms with E-state index in [1.54, 1.807) is 6.92 Å².